The van der Waals surface area contributed by atoms with Gasteiger partial charge in [0.15, 0.2) is 5.96 Å². The first kappa shape index (κ1) is 22.2. The summed E-state index contributed by atoms with van der Waals surface area (Å²) in [5.74, 6) is 0.775. The Balaban J connectivity index is 1.87. The molecule has 156 valence electrons. The van der Waals surface area contributed by atoms with E-state index in [2.05, 4.69) is 20.9 Å². The Bertz CT molecular complexity index is 639. The molecule has 28 heavy (non-hydrogen) atoms. The number of methoxy groups -OCH3 is 1. The molecule has 0 heterocycles. The molecule has 0 spiro atoms. The molecule has 6 heteroatoms. The smallest absolute Gasteiger partial charge is 0.251 e. The topological polar surface area (TPSA) is 74.8 Å². The maximum Gasteiger partial charge on any atom is 0.251 e. The van der Waals surface area contributed by atoms with Gasteiger partial charge in [-0.05, 0) is 48.8 Å². The summed E-state index contributed by atoms with van der Waals surface area (Å²) in [6.07, 6.45) is 7.10. The van der Waals surface area contributed by atoms with Crippen LogP contribution >= 0.6 is 0 Å². The lowest BCUT2D eigenvalue weighted by molar-refractivity contribution is 0.0953. The number of carbonyl (C=O) groups excluding carboxylic acids is 1. The van der Waals surface area contributed by atoms with Gasteiger partial charge in [0, 0.05) is 46.0 Å². The molecule has 0 atom stereocenters. The lowest BCUT2D eigenvalue weighted by Crippen LogP contribution is -2.43. The lowest BCUT2D eigenvalue weighted by Gasteiger charge is -2.30. The van der Waals surface area contributed by atoms with Crippen molar-refractivity contribution in [3.05, 3.63) is 35.4 Å². The molecule has 0 unspecified atom stereocenters. The van der Waals surface area contributed by atoms with Gasteiger partial charge in [0.1, 0.15) is 0 Å². The van der Waals surface area contributed by atoms with E-state index in [1.54, 1.807) is 14.2 Å². The van der Waals surface area contributed by atoms with Gasteiger partial charge in [0.2, 0.25) is 0 Å². The second-order valence-electron chi connectivity index (χ2n) is 7.69. The van der Waals surface area contributed by atoms with Crippen LogP contribution in [0, 0.1) is 5.41 Å². The van der Waals surface area contributed by atoms with Crippen molar-refractivity contribution in [2.24, 2.45) is 10.4 Å². The predicted octanol–water partition coefficient (Wildman–Crippen LogP) is 3.09. The van der Waals surface area contributed by atoms with Crippen LogP contribution < -0.4 is 16.0 Å². The first-order chi connectivity index (χ1) is 13.6. The van der Waals surface area contributed by atoms with Crippen LogP contribution in [0.25, 0.3) is 0 Å². The zero-order valence-corrected chi connectivity index (χ0v) is 17.6. The maximum absolute atomic E-state index is 12.1. The Morgan fingerprint density at radius 1 is 1.21 bits per heavy atom. The highest BCUT2D eigenvalue weighted by molar-refractivity contribution is 5.94. The molecule has 1 fully saturated rings. The first-order valence-electron chi connectivity index (χ1n) is 10.4. The van der Waals surface area contributed by atoms with Crippen LogP contribution in [-0.4, -0.2) is 45.7 Å². The fourth-order valence-electron chi connectivity index (χ4n) is 3.80. The zero-order chi connectivity index (χ0) is 20.2. The Morgan fingerprint density at radius 3 is 2.68 bits per heavy atom. The monoisotopic (exact) mass is 388 g/mol. The number of rotatable bonds is 10. The van der Waals surface area contributed by atoms with Crippen molar-refractivity contribution in [3.63, 3.8) is 0 Å². The molecule has 0 aliphatic heterocycles. The summed E-state index contributed by atoms with van der Waals surface area (Å²) in [7, 11) is 3.56. The minimum absolute atomic E-state index is 0.0208. The highest BCUT2D eigenvalue weighted by Crippen LogP contribution is 2.40. The summed E-state index contributed by atoms with van der Waals surface area (Å²) < 4.78 is 5.32. The number of amides is 1. The average molecular weight is 389 g/mol. The summed E-state index contributed by atoms with van der Waals surface area (Å²) in [5, 5.41) is 9.79. The third-order valence-electron chi connectivity index (χ3n) is 5.54. The minimum atomic E-state index is -0.0208. The quantitative estimate of drug-likeness (QED) is 0.425. The van der Waals surface area contributed by atoms with Crippen LogP contribution in [0.4, 0.5) is 0 Å². The average Bonchev–Trinajstić information content (AvgIpc) is 3.20. The van der Waals surface area contributed by atoms with Gasteiger partial charge in [-0.1, -0.05) is 31.9 Å². The van der Waals surface area contributed by atoms with Gasteiger partial charge in [0.25, 0.3) is 5.91 Å². The van der Waals surface area contributed by atoms with E-state index in [0.717, 1.165) is 37.5 Å². The summed E-state index contributed by atoms with van der Waals surface area (Å²) >= 11 is 0. The van der Waals surface area contributed by atoms with E-state index in [-0.39, 0.29) is 5.91 Å². The third-order valence-corrected chi connectivity index (χ3v) is 5.54. The van der Waals surface area contributed by atoms with E-state index < -0.39 is 0 Å². The highest BCUT2D eigenvalue weighted by Gasteiger charge is 2.33. The number of aliphatic imine (C=N–C) groups is 1. The van der Waals surface area contributed by atoms with Crippen LogP contribution in [0.15, 0.2) is 29.3 Å². The van der Waals surface area contributed by atoms with Crippen molar-refractivity contribution < 1.29 is 9.53 Å². The largest absolute Gasteiger partial charge is 0.385 e. The molecule has 1 aliphatic rings. The van der Waals surface area contributed by atoms with Gasteiger partial charge in [-0.3, -0.25) is 9.79 Å². The first-order valence-corrected chi connectivity index (χ1v) is 10.4. The van der Waals surface area contributed by atoms with Crippen molar-refractivity contribution in [1.29, 1.82) is 0 Å². The fraction of sp³-hybridized carbons (Fsp3) is 0.636. The summed E-state index contributed by atoms with van der Waals surface area (Å²) in [6, 6.07) is 7.73. The molecule has 0 bridgehead atoms. The second-order valence-corrected chi connectivity index (χ2v) is 7.69. The molecule has 1 aromatic rings. The minimum Gasteiger partial charge on any atom is -0.385 e. The maximum atomic E-state index is 12.1. The Kier molecular flexibility index (Phi) is 9.28. The third kappa shape index (κ3) is 6.82. The normalized spacial score (nSPS) is 16.0. The van der Waals surface area contributed by atoms with Crippen LogP contribution in [0.3, 0.4) is 0 Å². The molecule has 0 saturated heterocycles. The number of benzene rings is 1. The molecule has 1 amide bonds. The van der Waals surface area contributed by atoms with E-state index in [4.69, 9.17) is 4.74 Å². The number of guanidine groups is 1. The van der Waals surface area contributed by atoms with Gasteiger partial charge in [-0.25, -0.2) is 0 Å². The van der Waals surface area contributed by atoms with E-state index in [1.807, 2.05) is 31.2 Å². The van der Waals surface area contributed by atoms with Gasteiger partial charge >= 0.3 is 0 Å². The van der Waals surface area contributed by atoms with E-state index in [0.29, 0.717) is 24.1 Å². The number of hydrogen-bond acceptors (Lipinski definition) is 3. The molecule has 1 saturated carbocycles. The highest BCUT2D eigenvalue weighted by atomic mass is 16.5. The van der Waals surface area contributed by atoms with Crippen LogP contribution in [-0.2, 0) is 11.3 Å². The molecule has 0 radical (unpaired) electrons. The van der Waals surface area contributed by atoms with E-state index in [1.165, 1.54) is 25.7 Å². The van der Waals surface area contributed by atoms with Crippen molar-refractivity contribution >= 4 is 11.9 Å². The van der Waals surface area contributed by atoms with Gasteiger partial charge in [0.05, 0.1) is 0 Å². The number of carbonyl (C=O) groups is 1. The van der Waals surface area contributed by atoms with Gasteiger partial charge in [-0.2, -0.15) is 0 Å². The molecule has 1 aliphatic carbocycles. The van der Waals surface area contributed by atoms with Crippen LogP contribution in [0.2, 0.25) is 0 Å². The molecular weight excluding hydrogens is 352 g/mol. The van der Waals surface area contributed by atoms with Crippen LogP contribution in [0.1, 0.15) is 61.4 Å². The Labute approximate surface area is 169 Å². The van der Waals surface area contributed by atoms with Gasteiger partial charge in [-0.15, -0.1) is 0 Å². The van der Waals surface area contributed by atoms with Crippen molar-refractivity contribution in [2.45, 2.75) is 52.0 Å². The molecule has 1 aromatic carbocycles. The SMILES string of the molecule is CCCNC(=O)c1cccc(CNC(=NC)NCC2(CCOC)CCCC2)c1. The second kappa shape index (κ2) is 11.7. The zero-order valence-electron chi connectivity index (χ0n) is 17.6. The van der Waals surface area contributed by atoms with Crippen molar-refractivity contribution in [1.82, 2.24) is 16.0 Å². The molecule has 6 nitrogen and oxygen atoms in total. The van der Waals surface area contributed by atoms with Crippen molar-refractivity contribution in [3.8, 4) is 0 Å². The number of nitrogens with one attached hydrogen (secondary N) is 3. The number of ether oxygens (including phenoxy) is 1. The Morgan fingerprint density at radius 2 is 2.00 bits per heavy atom. The molecule has 2 rings (SSSR count). The summed E-state index contributed by atoms with van der Waals surface area (Å²) in [4.78, 5) is 16.5. The predicted molar refractivity (Wildman–Crippen MR) is 115 cm³/mol. The summed E-state index contributed by atoms with van der Waals surface area (Å²) in [6.45, 7) is 5.09. The van der Waals surface area contributed by atoms with E-state index >= 15 is 0 Å². The lowest BCUT2D eigenvalue weighted by atomic mass is 9.83. The molecule has 0 aromatic heterocycles. The van der Waals surface area contributed by atoms with Crippen molar-refractivity contribution in [2.75, 3.05) is 33.9 Å². The Hall–Kier alpha value is -2.08. The number of nitrogens with zero attached hydrogens (tertiary/aromatic N) is 1. The standard InChI is InChI=1S/C22H36N4O2/c1-4-13-24-20(27)19-9-7-8-18(15-19)16-25-21(23-2)26-17-22(12-14-28-3)10-5-6-11-22/h7-9,15H,4-6,10-14,16-17H2,1-3H3,(H,24,27)(H2,23,25,26). The number of hydrogen-bond donors (Lipinski definition) is 3. The summed E-state index contributed by atoms with van der Waals surface area (Å²) in [5.41, 5.74) is 2.06. The van der Waals surface area contributed by atoms with E-state index in [9.17, 15) is 4.79 Å². The van der Waals surface area contributed by atoms with Crippen LogP contribution in [0.5, 0.6) is 0 Å². The fourth-order valence-corrected chi connectivity index (χ4v) is 3.80. The molecular formula is C22H36N4O2. The van der Waals surface area contributed by atoms with Gasteiger partial charge < -0.3 is 20.7 Å². The molecule has 3 N–H and O–H groups in total.